The van der Waals surface area contributed by atoms with Gasteiger partial charge in [0.2, 0.25) is 0 Å². The van der Waals surface area contributed by atoms with Crippen LogP contribution in [0.1, 0.15) is 36.3 Å². The third-order valence-electron chi connectivity index (χ3n) is 10.7. The van der Waals surface area contributed by atoms with Gasteiger partial charge in [0, 0.05) is 34.5 Å². The van der Waals surface area contributed by atoms with E-state index < -0.39 is 0 Å². The first-order valence-electron chi connectivity index (χ1n) is 19.3. The lowest BCUT2D eigenvalue weighted by Crippen LogP contribution is -2.16. The molecule has 0 radical (unpaired) electrons. The van der Waals surface area contributed by atoms with Gasteiger partial charge in [-0.2, -0.15) is 0 Å². The quantitative estimate of drug-likeness (QED) is 0.0820. The zero-order valence-corrected chi connectivity index (χ0v) is 31.7. The molecular weight excluding hydrogens is 679 g/mol. The van der Waals surface area contributed by atoms with Crippen LogP contribution in [0.3, 0.4) is 0 Å². The number of hydrogen-bond acceptors (Lipinski definition) is 2. The summed E-state index contributed by atoms with van der Waals surface area (Å²) in [6, 6.07) is 51.9. The second-order valence-electron chi connectivity index (χ2n) is 14.2. The van der Waals surface area contributed by atoms with Crippen molar-refractivity contribution in [2.75, 3.05) is 4.90 Å². The molecule has 0 aliphatic heterocycles. The molecule has 272 valence electrons. The average molecular weight is 724 g/mol. The molecule has 0 N–H and O–H groups in total. The summed E-state index contributed by atoms with van der Waals surface area (Å²) >= 11 is 0. The first-order valence-corrected chi connectivity index (χ1v) is 19.3. The van der Waals surface area contributed by atoms with Gasteiger partial charge in [-0.05, 0) is 110 Å². The van der Waals surface area contributed by atoms with E-state index in [9.17, 15) is 0 Å². The molecule has 0 spiro atoms. The maximum atomic E-state index is 6.23. The number of hydrogen-bond donors (Lipinski definition) is 0. The fourth-order valence-corrected chi connectivity index (χ4v) is 7.76. The SMILES string of the molecule is C=CCC/C(=C/C(CC=C)c1coc2cc3ccccc3cc12)N(/C=C/C=C(\C=C)c1ccc2ccccc2c1)c1ccc(-c2cccc3ccccc23)cc1. The van der Waals surface area contributed by atoms with E-state index in [0.29, 0.717) is 0 Å². The fraction of sp³-hybridized carbons (Fsp3) is 0.0741. The van der Waals surface area contributed by atoms with Gasteiger partial charge in [0.15, 0.2) is 0 Å². The number of allylic oxidation sites excluding steroid dienone is 8. The predicted molar refractivity (Wildman–Crippen MR) is 242 cm³/mol. The van der Waals surface area contributed by atoms with E-state index in [-0.39, 0.29) is 5.92 Å². The van der Waals surface area contributed by atoms with Crippen molar-refractivity contribution in [2.24, 2.45) is 0 Å². The van der Waals surface area contributed by atoms with Crippen molar-refractivity contribution in [1.82, 2.24) is 0 Å². The maximum absolute atomic E-state index is 6.23. The molecule has 0 saturated heterocycles. The molecule has 2 heteroatoms. The van der Waals surface area contributed by atoms with Crippen LogP contribution in [0.15, 0.2) is 224 Å². The van der Waals surface area contributed by atoms with Crippen molar-refractivity contribution >= 4 is 54.5 Å². The summed E-state index contributed by atoms with van der Waals surface area (Å²) in [5.74, 6) is 0.0393. The van der Waals surface area contributed by atoms with Crippen LogP contribution in [0, 0.1) is 0 Å². The summed E-state index contributed by atoms with van der Waals surface area (Å²) < 4.78 is 6.23. The number of anilines is 1. The minimum Gasteiger partial charge on any atom is -0.464 e. The lowest BCUT2D eigenvalue weighted by Gasteiger charge is -2.26. The first-order chi connectivity index (χ1) is 27.6. The second-order valence-corrected chi connectivity index (χ2v) is 14.2. The van der Waals surface area contributed by atoms with Gasteiger partial charge < -0.3 is 9.32 Å². The van der Waals surface area contributed by atoms with Crippen molar-refractivity contribution in [2.45, 2.75) is 25.2 Å². The second kappa shape index (κ2) is 16.6. The van der Waals surface area contributed by atoms with Gasteiger partial charge >= 0.3 is 0 Å². The molecule has 0 fully saturated rings. The van der Waals surface area contributed by atoms with Gasteiger partial charge in [-0.3, -0.25) is 0 Å². The van der Waals surface area contributed by atoms with E-state index in [1.165, 1.54) is 49.1 Å². The summed E-state index contributed by atoms with van der Waals surface area (Å²) in [4.78, 5) is 2.32. The summed E-state index contributed by atoms with van der Waals surface area (Å²) in [5.41, 5.74) is 8.86. The Kier molecular flexibility index (Phi) is 10.7. The molecule has 0 aliphatic carbocycles. The molecule has 8 rings (SSSR count). The molecule has 56 heavy (non-hydrogen) atoms. The van der Waals surface area contributed by atoms with Crippen molar-refractivity contribution in [1.29, 1.82) is 0 Å². The lowest BCUT2D eigenvalue weighted by molar-refractivity contribution is 0.607. The largest absolute Gasteiger partial charge is 0.464 e. The maximum Gasteiger partial charge on any atom is 0.134 e. The normalized spacial score (nSPS) is 12.8. The molecule has 8 aromatic rings. The van der Waals surface area contributed by atoms with E-state index in [0.717, 1.165) is 52.6 Å². The Labute approximate surface area is 330 Å². The lowest BCUT2D eigenvalue weighted by atomic mass is 9.92. The summed E-state index contributed by atoms with van der Waals surface area (Å²) in [7, 11) is 0. The number of fused-ring (bicyclic) bond motifs is 4. The van der Waals surface area contributed by atoms with E-state index in [4.69, 9.17) is 4.42 Å². The smallest absolute Gasteiger partial charge is 0.134 e. The van der Waals surface area contributed by atoms with E-state index in [1.807, 2.05) is 24.5 Å². The molecular formula is C54H45NO. The van der Waals surface area contributed by atoms with Gasteiger partial charge in [-0.1, -0.05) is 152 Å². The third-order valence-corrected chi connectivity index (χ3v) is 10.7. The number of rotatable bonds is 14. The minimum atomic E-state index is 0.0393. The van der Waals surface area contributed by atoms with Crippen LogP contribution in [-0.4, -0.2) is 0 Å². The Hall–Kier alpha value is -6.90. The van der Waals surface area contributed by atoms with Gasteiger partial charge in [0.1, 0.15) is 5.58 Å². The molecule has 1 atom stereocenters. The monoisotopic (exact) mass is 723 g/mol. The van der Waals surface area contributed by atoms with Crippen LogP contribution < -0.4 is 4.90 Å². The third kappa shape index (κ3) is 7.56. The van der Waals surface area contributed by atoms with Crippen molar-refractivity contribution < 1.29 is 4.42 Å². The van der Waals surface area contributed by atoms with Gasteiger partial charge in [-0.25, -0.2) is 0 Å². The van der Waals surface area contributed by atoms with Crippen LogP contribution in [-0.2, 0) is 0 Å². The molecule has 1 aromatic heterocycles. The Bertz CT molecular complexity index is 2790. The minimum absolute atomic E-state index is 0.0393. The average Bonchev–Trinajstić information content (AvgIpc) is 3.66. The molecule has 0 bridgehead atoms. The highest BCUT2D eigenvalue weighted by atomic mass is 16.3. The molecule has 7 aromatic carbocycles. The Morgan fingerprint density at radius 3 is 2.09 bits per heavy atom. The Morgan fingerprint density at radius 1 is 0.643 bits per heavy atom. The summed E-state index contributed by atoms with van der Waals surface area (Å²) in [6.07, 6.45) is 19.1. The van der Waals surface area contributed by atoms with Crippen LogP contribution in [0.25, 0.3) is 60.0 Å². The Balaban J connectivity index is 1.23. The predicted octanol–water partition coefficient (Wildman–Crippen LogP) is 15.4. The highest BCUT2D eigenvalue weighted by Gasteiger charge is 2.19. The molecule has 1 heterocycles. The molecule has 0 amide bonds. The highest BCUT2D eigenvalue weighted by molar-refractivity contribution is 5.98. The first kappa shape index (κ1) is 36.1. The standard InChI is InChI=1S/C54H45NO/c1-4-7-24-49(35-47(16-5-2)53-38-56-54-37-45-21-11-10-20-44(45)36-52(53)54)55(33-15-23-39(6-3)46-28-27-40-17-8-9-19-43(40)34-46)48-31-29-42(30-32-48)51-26-14-22-41-18-12-13-25-50(41)51/h4-6,8-15,17-23,25-38,47H,1-3,7,16,24H2/b33-15+,39-23+,49-35-. The van der Waals surface area contributed by atoms with Gasteiger partial charge in [0.05, 0.1) is 6.26 Å². The zero-order valence-electron chi connectivity index (χ0n) is 31.7. The van der Waals surface area contributed by atoms with Crippen LogP contribution in [0.2, 0.25) is 0 Å². The van der Waals surface area contributed by atoms with Gasteiger partial charge in [-0.15, -0.1) is 13.2 Å². The number of nitrogens with zero attached hydrogens (tertiary/aromatic N) is 1. The van der Waals surface area contributed by atoms with Crippen LogP contribution in [0.5, 0.6) is 0 Å². The van der Waals surface area contributed by atoms with E-state index >= 15 is 0 Å². The summed E-state index contributed by atoms with van der Waals surface area (Å²) in [5, 5.41) is 8.40. The molecule has 1 unspecified atom stereocenters. The van der Waals surface area contributed by atoms with E-state index in [1.54, 1.807) is 0 Å². The molecule has 2 nitrogen and oxygen atoms in total. The number of furan rings is 1. The van der Waals surface area contributed by atoms with Crippen LogP contribution in [0.4, 0.5) is 5.69 Å². The summed E-state index contributed by atoms with van der Waals surface area (Å²) in [6.45, 7) is 12.5. The van der Waals surface area contributed by atoms with Crippen molar-refractivity contribution in [3.05, 3.63) is 231 Å². The Morgan fingerprint density at radius 2 is 1.34 bits per heavy atom. The van der Waals surface area contributed by atoms with Crippen LogP contribution >= 0.6 is 0 Å². The topological polar surface area (TPSA) is 16.4 Å². The molecule has 0 saturated carbocycles. The van der Waals surface area contributed by atoms with Gasteiger partial charge in [0.25, 0.3) is 0 Å². The van der Waals surface area contributed by atoms with Crippen molar-refractivity contribution in [3.8, 4) is 11.1 Å². The number of benzene rings is 7. The highest BCUT2D eigenvalue weighted by Crippen LogP contribution is 2.37. The molecule has 0 aliphatic rings. The van der Waals surface area contributed by atoms with E-state index in [2.05, 4.69) is 195 Å². The van der Waals surface area contributed by atoms with Crippen molar-refractivity contribution in [3.63, 3.8) is 0 Å². The zero-order chi connectivity index (χ0) is 38.3. The fourth-order valence-electron chi connectivity index (χ4n) is 7.76.